The predicted octanol–water partition coefficient (Wildman–Crippen LogP) is 3.54. The van der Waals surface area contributed by atoms with Crippen molar-refractivity contribution in [3.63, 3.8) is 0 Å². The number of nitrogens with zero attached hydrogens (tertiary/aromatic N) is 2. The van der Waals surface area contributed by atoms with Crippen LogP contribution in [0.2, 0.25) is 5.15 Å². The van der Waals surface area contributed by atoms with Gasteiger partial charge in [-0.15, -0.1) is 11.8 Å². The van der Waals surface area contributed by atoms with Crippen LogP contribution in [0.4, 0.5) is 0 Å². The first-order chi connectivity index (χ1) is 8.70. The summed E-state index contributed by atoms with van der Waals surface area (Å²) in [5.41, 5.74) is 1.54. The van der Waals surface area contributed by atoms with Crippen LogP contribution in [0.1, 0.15) is 21.7 Å². The van der Waals surface area contributed by atoms with Gasteiger partial charge in [-0.3, -0.25) is 4.79 Å². The molecule has 0 N–H and O–H groups in total. The van der Waals surface area contributed by atoms with Gasteiger partial charge in [0.1, 0.15) is 16.0 Å². The van der Waals surface area contributed by atoms with Crippen molar-refractivity contribution in [3.05, 3.63) is 52.4 Å². The number of carbonyl (C=O) groups is 1. The van der Waals surface area contributed by atoms with Crippen LogP contribution in [-0.2, 0) is 5.75 Å². The van der Waals surface area contributed by atoms with Crippen molar-refractivity contribution in [2.75, 3.05) is 0 Å². The fourth-order valence-electron chi connectivity index (χ4n) is 1.46. The molecule has 2 aromatic rings. The van der Waals surface area contributed by atoms with Crippen LogP contribution in [0.25, 0.3) is 0 Å². The summed E-state index contributed by atoms with van der Waals surface area (Å²) in [4.78, 5) is 19.2. The van der Waals surface area contributed by atoms with Gasteiger partial charge in [0.2, 0.25) is 0 Å². The number of benzene rings is 1. The molecular formula is C13H11ClN2OS. The largest absolute Gasteiger partial charge is 0.298 e. The van der Waals surface area contributed by atoms with E-state index in [1.165, 1.54) is 17.3 Å². The fraction of sp³-hybridized carbons (Fsp3) is 0.154. The zero-order valence-electron chi connectivity index (χ0n) is 9.76. The molecule has 0 saturated carbocycles. The average Bonchev–Trinajstić information content (AvgIpc) is 2.37. The van der Waals surface area contributed by atoms with E-state index in [2.05, 4.69) is 9.97 Å². The monoisotopic (exact) mass is 278 g/mol. The normalized spacial score (nSPS) is 10.3. The van der Waals surface area contributed by atoms with E-state index in [4.69, 9.17) is 11.6 Å². The Kier molecular flexibility index (Phi) is 4.33. The molecule has 5 heteroatoms. The second-order valence-corrected chi connectivity index (χ2v) is 4.99. The number of aryl methyl sites for hydroxylation is 1. The standard InChI is InChI=1S/C13H11ClN2OS/c1-9-15-12(14)11(7-17)13(16-9)18-8-10-5-3-2-4-6-10/h2-7H,8H2,1H3. The zero-order chi connectivity index (χ0) is 13.0. The van der Waals surface area contributed by atoms with Crippen LogP contribution in [0.5, 0.6) is 0 Å². The maximum Gasteiger partial charge on any atom is 0.155 e. The van der Waals surface area contributed by atoms with Gasteiger partial charge < -0.3 is 0 Å². The van der Waals surface area contributed by atoms with Crippen LogP contribution in [0, 0.1) is 6.92 Å². The van der Waals surface area contributed by atoms with E-state index in [0.29, 0.717) is 22.7 Å². The van der Waals surface area contributed by atoms with Crippen LogP contribution in [0.3, 0.4) is 0 Å². The molecule has 18 heavy (non-hydrogen) atoms. The molecular weight excluding hydrogens is 268 g/mol. The lowest BCUT2D eigenvalue weighted by Crippen LogP contribution is -1.98. The second kappa shape index (κ2) is 5.98. The summed E-state index contributed by atoms with van der Waals surface area (Å²) >= 11 is 7.41. The average molecular weight is 279 g/mol. The number of hydrogen-bond acceptors (Lipinski definition) is 4. The quantitative estimate of drug-likeness (QED) is 0.487. The zero-order valence-corrected chi connectivity index (χ0v) is 11.3. The summed E-state index contributed by atoms with van der Waals surface area (Å²) in [6, 6.07) is 9.99. The Hall–Kier alpha value is -1.39. The lowest BCUT2D eigenvalue weighted by molar-refractivity contribution is 0.112. The van der Waals surface area contributed by atoms with E-state index < -0.39 is 0 Å². The van der Waals surface area contributed by atoms with Gasteiger partial charge in [-0.05, 0) is 12.5 Å². The van der Waals surface area contributed by atoms with Crippen molar-refractivity contribution in [3.8, 4) is 0 Å². The molecule has 0 aliphatic heterocycles. The molecule has 0 amide bonds. The minimum Gasteiger partial charge on any atom is -0.298 e. The Morgan fingerprint density at radius 1 is 1.28 bits per heavy atom. The highest BCUT2D eigenvalue weighted by Crippen LogP contribution is 2.27. The third kappa shape index (κ3) is 3.09. The molecule has 1 heterocycles. The predicted molar refractivity (Wildman–Crippen MR) is 73.2 cm³/mol. The third-order valence-electron chi connectivity index (χ3n) is 2.31. The van der Waals surface area contributed by atoms with E-state index in [1.807, 2.05) is 30.3 Å². The van der Waals surface area contributed by atoms with Gasteiger partial charge >= 0.3 is 0 Å². The smallest absolute Gasteiger partial charge is 0.155 e. The minimum absolute atomic E-state index is 0.216. The number of thioether (sulfide) groups is 1. The van der Waals surface area contributed by atoms with Crippen LogP contribution in [-0.4, -0.2) is 16.3 Å². The number of carbonyl (C=O) groups excluding carboxylic acids is 1. The van der Waals surface area contributed by atoms with Crippen molar-refractivity contribution < 1.29 is 4.79 Å². The van der Waals surface area contributed by atoms with E-state index in [9.17, 15) is 4.79 Å². The molecule has 0 radical (unpaired) electrons. The molecule has 2 rings (SSSR count). The second-order valence-electron chi connectivity index (χ2n) is 3.67. The molecule has 0 bridgehead atoms. The Labute approximate surface area is 115 Å². The van der Waals surface area contributed by atoms with Crippen LogP contribution < -0.4 is 0 Å². The van der Waals surface area contributed by atoms with Crippen LogP contribution >= 0.6 is 23.4 Å². The Morgan fingerprint density at radius 3 is 2.67 bits per heavy atom. The van der Waals surface area contributed by atoms with Crippen molar-refractivity contribution in [1.82, 2.24) is 9.97 Å². The molecule has 0 saturated heterocycles. The van der Waals surface area contributed by atoms with Crippen molar-refractivity contribution >= 4 is 29.6 Å². The van der Waals surface area contributed by atoms with Crippen molar-refractivity contribution in [1.29, 1.82) is 0 Å². The summed E-state index contributed by atoms with van der Waals surface area (Å²) < 4.78 is 0. The number of aldehydes is 1. The maximum atomic E-state index is 11.0. The molecule has 3 nitrogen and oxygen atoms in total. The lowest BCUT2D eigenvalue weighted by atomic mass is 10.2. The van der Waals surface area contributed by atoms with Gasteiger partial charge in [-0.2, -0.15) is 0 Å². The van der Waals surface area contributed by atoms with Gasteiger partial charge in [-0.25, -0.2) is 9.97 Å². The molecule has 92 valence electrons. The molecule has 1 aromatic heterocycles. The lowest BCUT2D eigenvalue weighted by Gasteiger charge is -2.06. The Balaban J connectivity index is 2.21. The summed E-state index contributed by atoms with van der Waals surface area (Å²) in [7, 11) is 0. The highest BCUT2D eigenvalue weighted by atomic mass is 35.5. The highest BCUT2D eigenvalue weighted by Gasteiger charge is 2.11. The van der Waals surface area contributed by atoms with Gasteiger partial charge in [-0.1, -0.05) is 41.9 Å². The van der Waals surface area contributed by atoms with E-state index in [-0.39, 0.29) is 5.15 Å². The summed E-state index contributed by atoms with van der Waals surface area (Å²) in [6.45, 7) is 1.76. The Morgan fingerprint density at radius 2 is 2.00 bits per heavy atom. The molecule has 0 unspecified atom stereocenters. The topological polar surface area (TPSA) is 42.9 Å². The first kappa shape index (κ1) is 13.1. The van der Waals surface area contributed by atoms with Gasteiger partial charge in [0, 0.05) is 5.75 Å². The van der Waals surface area contributed by atoms with Gasteiger partial charge in [0.15, 0.2) is 6.29 Å². The molecule has 0 spiro atoms. The number of aromatic nitrogens is 2. The van der Waals surface area contributed by atoms with E-state index in [0.717, 1.165) is 5.75 Å². The summed E-state index contributed by atoms with van der Waals surface area (Å²) in [5, 5.41) is 0.847. The first-order valence-corrected chi connectivity index (χ1v) is 6.73. The highest BCUT2D eigenvalue weighted by molar-refractivity contribution is 7.98. The van der Waals surface area contributed by atoms with E-state index >= 15 is 0 Å². The number of halogens is 1. The molecule has 0 aliphatic rings. The molecule has 0 aliphatic carbocycles. The maximum absolute atomic E-state index is 11.0. The number of rotatable bonds is 4. The third-order valence-corrected chi connectivity index (χ3v) is 3.66. The number of hydrogen-bond donors (Lipinski definition) is 0. The van der Waals surface area contributed by atoms with Gasteiger partial charge in [0.05, 0.1) is 5.56 Å². The molecule has 0 fully saturated rings. The SMILES string of the molecule is Cc1nc(Cl)c(C=O)c(SCc2ccccc2)n1. The molecule has 0 atom stereocenters. The van der Waals surface area contributed by atoms with Crippen molar-refractivity contribution in [2.24, 2.45) is 0 Å². The van der Waals surface area contributed by atoms with Gasteiger partial charge in [0.25, 0.3) is 0 Å². The summed E-state index contributed by atoms with van der Waals surface area (Å²) in [5.74, 6) is 1.32. The van der Waals surface area contributed by atoms with Crippen molar-refractivity contribution in [2.45, 2.75) is 17.7 Å². The first-order valence-electron chi connectivity index (χ1n) is 5.36. The van der Waals surface area contributed by atoms with Crippen LogP contribution in [0.15, 0.2) is 35.4 Å². The molecule has 1 aromatic carbocycles. The summed E-state index contributed by atoms with van der Waals surface area (Å²) in [6.07, 6.45) is 0.703. The van der Waals surface area contributed by atoms with E-state index in [1.54, 1.807) is 6.92 Å². The fourth-order valence-corrected chi connectivity index (χ4v) is 2.76. The Bertz CT molecular complexity index is 560. The minimum atomic E-state index is 0.216.